The Morgan fingerprint density at radius 2 is 1.80 bits per heavy atom. The van der Waals surface area contributed by atoms with E-state index in [9.17, 15) is 9.59 Å². The first-order chi connectivity index (χ1) is 9.38. The lowest BCUT2D eigenvalue weighted by Gasteiger charge is -2.21. The third kappa shape index (κ3) is 3.12. The number of rotatable bonds is 3. The van der Waals surface area contributed by atoms with Gasteiger partial charge in [0.15, 0.2) is 5.82 Å². The van der Waals surface area contributed by atoms with Gasteiger partial charge in [-0.3, -0.25) is 9.59 Å². The maximum Gasteiger partial charge on any atom is 0.252 e. The number of nitrogens with zero attached hydrogens (tertiary/aromatic N) is 1. The van der Waals surface area contributed by atoms with E-state index in [1.54, 1.807) is 30.5 Å². The summed E-state index contributed by atoms with van der Waals surface area (Å²) in [4.78, 5) is 31.3. The Bertz CT molecular complexity index is 625. The molecule has 0 aliphatic carbocycles. The second-order valence-electron chi connectivity index (χ2n) is 5.52. The van der Waals surface area contributed by atoms with Crippen molar-refractivity contribution >= 4 is 11.7 Å². The monoisotopic (exact) mass is 271 g/mol. The first-order valence-corrected chi connectivity index (χ1v) is 6.34. The molecular formula is C15H17N3O2. The molecule has 0 unspecified atom stereocenters. The Labute approximate surface area is 117 Å². The number of carbonyl (C=O) groups excluding carboxylic acids is 2. The maximum absolute atomic E-state index is 12.3. The van der Waals surface area contributed by atoms with E-state index in [1.165, 1.54) is 6.20 Å². The van der Waals surface area contributed by atoms with Crippen LogP contribution >= 0.6 is 0 Å². The Morgan fingerprint density at radius 3 is 2.35 bits per heavy atom. The quantitative estimate of drug-likeness (QED) is 0.840. The van der Waals surface area contributed by atoms with Crippen molar-refractivity contribution in [2.24, 2.45) is 0 Å². The zero-order chi connectivity index (χ0) is 14.8. The van der Waals surface area contributed by atoms with Crippen molar-refractivity contribution in [2.45, 2.75) is 26.3 Å². The number of nitrogens with one attached hydrogen (secondary N) is 2. The molecule has 104 valence electrons. The second kappa shape index (κ2) is 5.28. The third-order valence-electron chi connectivity index (χ3n) is 2.62. The molecule has 5 heteroatoms. The van der Waals surface area contributed by atoms with Gasteiger partial charge in [-0.05, 0) is 26.8 Å². The number of amides is 1. The summed E-state index contributed by atoms with van der Waals surface area (Å²) < 4.78 is 0. The molecule has 0 saturated carbocycles. The minimum atomic E-state index is -0.363. The van der Waals surface area contributed by atoms with E-state index in [4.69, 9.17) is 0 Å². The third-order valence-corrected chi connectivity index (χ3v) is 2.62. The van der Waals surface area contributed by atoms with E-state index < -0.39 is 0 Å². The highest BCUT2D eigenvalue weighted by Gasteiger charge is 2.22. The molecule has 1 aromatic heterocycles. The van der Waals surface area contributed by atoms with Crippen LogP contribution in [0.2, 0.25) is 0 Å². The molecule has 0 fully saturated rings. The smallest absolute Gasteiger partial charge is 0.252 e. The molecule has 20 heavy (non-hydrogen) atoms. The lowest BCUT2D eigenvalue weighted by atomic mass is 10.0. The van der Waals surface area contributed by atoms with Crippen LogP contribution in [0.4, 0.5) is 0 Å². The van der Waals surface area contributed by atoms with Gasteiger partial charge < -0.3 is 10.3 Å². The van der Waals surface area contributed by atoms with Gasteiger partial charge in [0.1, 0.15) is 0 Å². The van der Waals surface area contributed by atoms with Crippen LogP contribution in [0.5, 0.6) is 0 Å². The van der Waals surface area contributed by atoms with Crippen LogP contribution in [-0.2, 0) is 0 Å². The molecule has 0 spiro atoms. The summed E-state index contributed by atoms with van der Waals surface area (Å²) in [7, 11) is 0. The molecule has 2 aromatic rings. The van der Waals surface area contributed by atoms with Crippen molar-refractivity contribution in [3.63, 3.8) is 0 Å². The van der Waals surface area contributed by atoms with E-state index in [0.717, 1.165) is 0 Å². The topological polar surface area (TPSA) is 74.8 Å². The van der Waals surface area contributed by atoms with Crippen LogP contribution < -0.4 is 5.32 Å². The molecule has 0 radical (unpaired) electrons. The Balaban J connectivity index is 2.36. The predicted molar refractivity (Wildman–Crippen MR) is 75.7 cm³/mol. The first-order valence-electron chi connectivity index (χ1n) is 6.34. The van der Waals surface area contributed by atoms with Crippen molar-refractivity contribution in [1.82, 2.24) is 15.3 Å². The molecule has 0 bridgehead atoms. The van der Waals surface area contributed by atoms with Gasteiger partial charge in [-0.25, -0.2) is 4.98 Å². The van der Waals surface area contributed by atoms with E-state index in [-0.39, 0.29) is 23.1 Å². The number of benzene rings is 1. The normalized spacial score (nSPS) is 11.2. The maximum atomic E-state index is 12.3. The van der Waals surface area contributed by atoms with Crippen LogP contribution in [0.3, 0.4) is 0 Å². The Hall–Kier alpha value is -2.43. The standard InChI is InChI=1S/C15H17N3O2/c1-15(2,3)18-14(20)11-7-5-4-6-10(11)12(19)13-16-8-9-17-13/h4-9H,1-3H3,(H,16,17)(H,18,20). The molecule has 2 N–H and O–H groups in total. The zero-order valence-electron chi connectivity index (χ0n) is 11.7. The molecular weight excluding hydrogens is 254 g/mol. The molecule has 1 amide bonds. The van der Waals surface area contributed by atoms with Gasteiger partial charge in [-0.2, -0.15) is 0 Å². The highest BCUT2D eigenvalue weighted by atomic mass is 16.2. The van der Waals surface area contributed by atoms with Crippen LogP contribution in [0.25, 0.3) is 0 Å². The van der Waals surface area contributed by atoms with Gasteiger partial charge >= 0.3 is 0 Å². The van der Waals surface area contributed by atoms with Crippen molar-refractivity contribution < 1.29 is 9.59 Å². The molecule has 1 heterocycles. The summed E-state index contributed by atoms with van der Waals surface area (Å²) in [5.41, 5.74) is 0.325. The summed E-state index contributed by atoms with van der Waals surface area (Å²) in [6.07, 6.45) is 3.08. The highest BCUT2D eigenvalue weighted by Crippen LogP contribution is 2.14. The minimum absolute atomic E-state index is 0.223. The van der Waals surface area contributed by atoms with Crippen LogP contribution in [0, 0.1) is 0 Å². The number of aromatic nitrogens is 2. The molecule has 1 aromatic carbocycles. The first kappa shape index (κ1) is 14.0. The lowest BCUT2D eigenvalue weighted by Crippen LogP contribution is -2.41. The number of H-pyrrole nitrogens is 1. The summed E-state index contributed by atoms with van der Waals surface area (Å²) in [6.45, 7) is 5.67. The van der Waals surface area contributed by atoms with E-state index in [2.05, 4.69) is 15.3 Å². The van der Waals surface area contributed by atoms with Gasteiger partial charge in [0, 0.05) is 23.5 Å². The van der Waals surface area contributed by atoms with Gasteiger partial charge in [-0.15, -0.1) is 0 Å². The van der Waals surface area contributed by atoms with Gasteiger partial charge in [0.25, 0.3) is 5.91 Å². The van der Waals surface area contributed by atoms with Crippen molar-refractivity contribution in [3.8, 4) is 0 Å². The molecule has 5 nitrogen and oxygen atoms in total. The number of imidazole rings is 1. The lowest BCUT2D eigenvalue weighted by molar-refractivity contribution is 0.0910. The fourth-order valence-electron chi connectivity index (χ4n) is 1.80. The van der Waals surface area contributed by atoms with E-state index in [0.29, 0.717) is 11.1 Å². The summed E-state index contributed by atoms with van der Waals surface area (Å²) in [6, 6.07) is 6.72. The van der Waals surface area contributed by atoms with Crippen LogP contribution in [0.15, 0.2) is 36.7 Å². The minimum Gasteiger partial charge on any atom is -0.347 e. The molecule has 0 aliphatic rings. The number of carbonyl (C=O) groups is 2. The fourth-order valence-corrected chi connectivity index (χ4v) is 1.80. The average Bonchev–Trinajstić information content (AvgIpc) is 2.89. The number of aromatic amines is 1. The molecule has 0 atom stereocenters. The SMILES string of the molecule is CC(C)(C)NC(=O)c1ccccc1C(=O)c1ncc[nH]1. The Morgan fingerprint density at radius 1 is 1.15 bits per heavy atom. The number of ketones is 1. The molecule has 0 saturated heterocycles. The second-order valence-corrected chi connectivity index (χ2v) is 5.52. The highest BCUT2D eigenvalue weighted by molar-refractivity contribution is 6.13. The van der Waals surface area contributed by atoms with Crippen molar-refractivity contribution in [2.75, 3.05) is 0 Å². The molecule has 0 aliphatic heterocycles. The molecule has 2 rings (SSSR count). The number of hydrogen-bond acceptors (Lipinski definition) is 3. The summed E-state index contributed by atoms with van der Waals surface area (Å²) >= 11 is 0. The van der Waals surface area contributed by atoms with Gasteiger partial charge in [0.05, 0.1) is 5.56 Å². The largest absolute Gasteiger partial charge is 0.347 e. The summed E-state index contributed by atoms with van der Waals surface area (Å²) in [5.74, 6) is -0.344. The van der Waals surface area contributed by atoms with Crippen LogP contribution in [0.1, 0.15) is 47.3 Å². The van der Waals surface area contributed by atoms with E-state index >= 15 is 0 Å². The number of hydrogen-bond donors (Lipinski definition) is 2. The van der Waals surface area contributed by atoms with Crippen LogP contribution in [-0.4, -0.2) is 27.2 Å². The zero-order valence-corrected chi connectivity index (χ0v) is 11.7. The van der Waals surface area contributed by atoms with E-state index in [1.807, 2.05) is 20.8 Å². The van der Waals surface area contributed by atoms with Crippen molar-refractivity contribution in [3.05, 3.63) is 53.6 Å². The fraction of sp³-hybridized carbons (Fsp3) is 0.267. The average molecular weight is 271 g/mol. The van der Waals surface area contributed by atoms with Gasteiger partial charge in [0.2, 0.25) is 5.78 Å². The summed E-state index contributed by atoms with van der Waals surface area (Å²) in [5, 5.41) is 2.85. The predicted octanol–water partition coefficient (Wildman–Crippen LogP) is 2.17. The Kier molecular flexibility index (Phi) is 3.70. The van der Waals surface area contributed by atoms with Crippen molar-refractivity contribution in [1.29, 1.82) is 0 Å². The van der Waals surface area contributed by atoms with Gasteiger partial charge in [-0.1, -0.05) is 18.2 Å².